The van der Waals surface area contributed by atoms with Crippen LogP contribution >= 0.6 is 0 Å². The fraction of sp³-hybridized carbons (Fsp3) is 0.190. The molecule has 0 spiro atoms. The van der Waals surface area contributed by atoms with Gasteiger partial charge in [-0.3, -0.25) is 4.79 Å². The van der Waals surface area contributed by atoms with Gasteiger partial charge in [-0.05, 0) is 29.2 Å². The van der Waals surface area contributed by atoms with Gasteiger partial charge in [0, 0.05) is 5.92 Å². The van der Waals surface area contributed by atoms with Crippen molar-refractivity contribution in [2.45, 2.75) is 18.9 Å². The molecule has 0 bridgehead atoms. The highest BCUT2D eigenvalue weighted by Crippen LogP contribution is 2.44. The number of ether oxygens (including phenoxy) is 1. The first-order chi connectivity index (χ1) is 13.2. The Morgan fingerprint density at radius 1 is 1.19 bits per heavy atom. The minimum atomic E-state index is -0.560. The lowest BCUT2D eigenvalue weighted by Gasteiger charge is -2.16. The van der Waals surface area contributed by atoms with Gasteiger partial charge in [-0.25, -0.2) is 9.78 Å². The Balaban J connectivity index is 1.44. The molecule has 136 valence electrons. The Morgan fingerprint density at radius 3 is 2.41 bits per heavy atom. The van der Waals surface area contributed by atoms with Crippen molar-refractivity contribution >= 4 is 12.4 Å². The highest BCUT2D eigenvalue weighted by Gasteiger charge is 2.29. The van der Waals surface area contributed by atoms with Gasteiger partial charge >= 0.3 is 6.09 Å². The molecule has 1 aromatic heterocycles. The predicted molar refractivity (Wildman–Crippen MR) is 98.5 cm³/mol. The monoisotopic (exact) mass is 362 g/mol. The van der Waals surface area contributed by atoms with E-state index in [9.17, 15) is 9.59 Å². The molecule has 0 radical (unpaired) electrons. The number of aromatic nitrogens is 1. The molecule has 1 aliphatic carbocycles. The molecule has 0 fully saturated rings. The summed E-state index contributed by atoms with van der Waals surface area (Å²) in [7, 11) is 0. The number of alkyl carbamates (subject to hydrolysis) is 1. The number of aldehydes is 1. The maximum absolute atomic E-state index is 12.2. The normalized spacial score (nSPS) is 13.5. The zero-order chi connectivity index (χ0) is 18.8. The van der Waals surface area contributed by atoms with Gasteiger partial charge in [0.05, 0.1) is 0 Å². The number of rotatable bonds is 5. The molecule has 6 nitrogen and oxygen atoms in total. The van der Waals surface area contributed by atoms with Gasteiger partial charge in [-0.15, -0.1) is 0 Å². The van der Waals surface area contributed by atoms with Crippen LogP contribution in [0.5, 0.6) is 0 Å². The first kappa shape index (κ1) is 17.0. The van der Waals surface area contributed by atoms with Crippen LogP contribution < -0.4 is 5.32 Å². The van der Waals surface area contributed by atoms with Gasteiger partial charge in [-0.2, -0.15) is 0 Å². The number of nitrogens with zero attached hydrogens (tertiary/aromatic N) is 1. The molecular formula is C21H18N2O4. The van der Waals surface area contributed by atoms with Crippen LogP contribution in [0, 0.1) is 0 Å². The topological polar surface area (TPSA) is 81.4 Å². The number of amides is 1. The van der Waals surface area contributed by atoms with E-state index in [0.29, 0.717) is 6.29 Å². The molecule has 3 aromatic rings. The summed E-state index contributed by atoms with van der Waals surface area (Å²) in [5, 5.41) is 2.67. The summed E-state index contributed by atoms with van der Waals surface area (Å²) in [4.78, 5) is 26.9. The number of carbonyl (C=O) groups is 2. The van der Waals surface area contributed by atoms with Gasteiger partial charge < -0.3 is 14.5 Å². The van der Waals surface area contributed by atoms with Crippen LogP contribution in [0.1, 0.15) is 46.4 Å². The molecule has 0 saturated heterocycles. The van der Waals surface area contributed by atoms with Crippen LogP contribution in [-0.4, -0.2) is 24.0 Å². The summed E-state index contributed by atoms with van der Waals surface area (Å²) in [6, 6.07) is 15.8. The van der Waals surface area contributed by atoms with Crippen molar-refractivity contribution < 1.29 is 18.7 Å². The Hall–Kier alpha value is -3.41. The minimum absolute atomic E-state index is 0.00172. The van der Waals surface area contributed by atoms with Crippen LogP contribution in [0.4, 0.5) is 4.79 Å². The van der Waals surface area contributed by atoms with Crippen LogP contribution in [0.2, 0.25) is 0 Å². The zero-order valence-corrected chi connectivity index (χ0v) is 14.7. The van der Waals surface area contributed by atoms with E-state index in [2.05, 4.69) is 34.6 Å². The number of nitrogens with one attached hydrogen (secondary N) is 1. The molecule has 6 heteroatoms. The van der Waals surface area contributed by atoms with Gasteiger partial charge in [0.15, 0.2) is 6.29 Å². The number of hydrogen-bond acceptors (Lipinski definition) is 5. The Morgan fingerprint density at radius 2 is 1.81 bits per heavy atom. The maximum atomic E-state index is 12.2. The lowest BCUT2D eigenvalue weighted by molar-refractivity contribution is 0.111. The largest absolute Gasteiger partial charge is 0.449 e. The first-order valence-corrected chi connectivity index (χ1v) is 8.69. The first-order valence-electron chi connectivity index (χ1n) is 8.69. The van der Waals surface area contributed by atoms with E-state index in [1.54, 1.807) is 6.92 Å². The number of carbonyl (C=O) groups excluding carboxylic acids is 2. The van der Waals surface area contributed by atoms with Crippen molar-refractivity contribution in [3.63, 3.8) is 0 Å². The summed E-state index contributed by atoms with van der Waals surface area (Å²) in [5.41, 5.74) is 4.85. The van der Waals surface area contributed by atoms with E-state index in [1.165, 1.54) is 17.4 Å². The number of oxazole rings is 1. The van der Waals surface area contributed by atoms with Crippen molar-refractivity contribution in [1.82, 2.24) is 10.3 Å². The molecule has 1 aliphatic rings. The summed E-state index contributed by atoms with van der Waals surface area (Å²) < 4.78 is 10.7. The van der Waals surface area contributed by atoms with Gasteiger partial charge in [0.25, 0.3) is 0 Å². The maximum Gasteiger partial charge on any atom is 0.407 e. The van der Waals surface area contributed by atoms with Crippen molar-refractivity contribution in [2.24, 2.45) is 0 Å². The van der Waals surface area contributed by atoms with E-state index in [-0.39, 0.29) is 24.1 Å². The number of fused-ring (bicyclic) bond motifs is 3. The number of hydrogen-bond donors (Lipinski definition) is 1. The van der Waals surface area contributed by atoms with E-state index >= 15 is 0 Å². The highest BCUT2D eigenvalue weighted by atomic mass is 16.5. The average molecular weight is 362 g/mol. The van der Waals surface area contributed by atoms with E-state index < -0.39 is 12.1 Å². The fourth-order valence-corrected chi connectivity index (χ4v) is 3.43. The van der Waals surface area contributed by atoms with Crippen molar-refractivity contribution in [3.8, 4) is 11.1 Å². The Bertz CT molecular complexity index is 950. The molecule has 0 unspecified atom stereocenters. The van der Waals surface area contributed by atoms with Crippen LogP contribution in [0.15, 0.2) is 59.2 Å². The SMILES string of the molecule is C[C@H](NC(=O)OCC1c2ccccc2-c2ccccc21)c1nc(C=O)co1. The minimum Gasteiger partial charge on any atom is -0.449 e. The van der Waals surface area contributed by atoms with Crippen molar-refractivity contribution in [3.05, 3.63) is 77.5 Å². The van der Waals surface area contributed by atoms with Crippen molar-refractivity contribution in [1.29, 1.82) is 0 Å². The highest BCUT2D eigenvalue weighted by molar-refractivity contribution is 5.79. The smallest absolute Gasteiger partial charge is 0.407 e. The molecule has 0 saturated carbocycles. The quantitative estimate of drug-likeness (QED) is 0.692. The molecule has 4 rings (SSSR count). The van der Waals surface area contributed by atoms with E-state index in [0.717, 1.165) is 11.1 Å². The van der Waals surface area contributed by atoms with E-state index in [1.807, 2.05) is 24.3 Å². The molecule has 2 aromatic carbocycles. The molecule has 1 atom stereocenters. The molecule has 1 heterocycles. The average Bonchev–Trinajstić information content (AvgIpc) is 3.29. The van der Waals surface area contributed by atoms with Gasteiger partial charge in [0.2, 0.25) is 5.89 Å². The second-order valence-electron chi connectivity index (χ2n) is 6.42. The molecule has 1 N–H and O–H groups in total. The summed E-state index contributed by atoms with van der Waals surface area (Å²) in [5.74, 6) is 0.257. The third-order valence-electron chi connectivity index (χ3n) is 4.71. The number of benzene rings is 2. The lowest BCUT2D eigenvalue weighted by Crippen LogP contribution is -2.29. The van der Waals surface area contributed by atoms with Crippen LogP contribution in [-0.2, 0) is 4.74 Å². The van der Waals surface area contributed by atoms with E-state index in [4.69, 9.17) is 9.15 Å². The standard InChI is InChI=1S/C21H18N2O4/c1-13(20-23-14(10-24)11-26-20)22-21(25)27-12-19-17-8-4-2-6-15(17)16-7-3-5-9-18(16)19/h2-11,13,19H,12H2,1H3,(H,22,25)/t13-/m0/s1. The lowest BCUT2D eigenvalue weighted by atomic mass is 9.98. The third-order valence-corrected chi connectivity index (χ3v) is 4.71. The van der Waals surface area contributed by atoms with Crippen molar-refractivity contribution in [2.75, 3.05) is 6.61 Å². The summed E-state index contributed by atoms with van der Waals surface area (Å²) in [6.45, 7) is 1.94. The van der Waals surface area contributed by atoms with Gasteiger partial charge in [-0.1, -0.05) is 48.5 Å². The Kier molecular flexibility index (Phi) is 4.46. The predicted octanol–water partition coefficient (Wildman–Crippen LogP) is 4.09. The molecule has 27 heavy (non-hydrogen) atoms. The fourth-order valence-electron chi connectivity index (χ4n) is 3.43. The summed E-state index contributed by atoms with van der Waals surface area (Å²) >= 11 is 0. The second kappa shape index (κ2) is 7.07. The van der Waals surface area contributed by atoms with Crippen LogP contribution in [0.25, 0.3) is 11.1 Å². The van der Waals surface area contributed by atoms with Crippen LogP contribution in [0.3, 0.4) is 0 Å². The molecule has 1 amide bonds. The summed E-state index contributed by atoms with van der Waals surface area (Å²) in [6.07, 6.45) is 1.28. The molecular weight excluding hydrogens is 344 g/mol. The third kappa shape index (κ3) is 3.21. The zero-order valence-electron chi connectivity index (χ0n) is 14.7. The molecule has 0 aliphatic heterocycles. The second-order valence-corrected chi connectivity index (χ2v) is 6.42. The van der Waals surface area contributed by atoms with Gasteiger partial charge in [0.1, 0.15) is 24.6 Å². The Labute approximate surface area is 156 Å².